The van der Waals surface area contributed by atoms with E-state index < -0.39 is 0 Å². The van der Waals surface area contributed by atoms with Crippen molar-refractivity contribution in [2.24, 2.45) is 0 Å². The third-order valence-corrected chi connectivity index (χ3v) is 4.44. The van der Waals surface area contributed by atoms with Crippen molar-refractivity contribution in [3.05, 3.63) is 35.7 Å². The molecule has 3 aromatic rings. The predicted octanol–water partition coefficient (Wildman–Crippen LogP) is 2.56. The van der Waals surface area contributed by atoms with Crippen molar-refractivity contribution in [2.45, 2.75) is 39.3 Å². The molecule has 0 aliphatic carbocycles. The molecule has 0 radical (unpaired) electrons. The molecule has 0 bridgehead atoms. The first-order valence-corrected chi connectivity index (χ1v) is 9.15. The van der Waals surface area contributed by atoms with Gasteiger partial charge in [0.1, 0.15) is 11.3 Å². The third kappa shape index (κ3) is 4.28. The number of aromatic nitrogens is 4. The minimum atomic E-state index is -0.0242. The van der Waals surface area contributed by atoms with Crippen LogP contribution in [0.3, 0.4) is 0 Å². The van der Waals surface area contributed by atoms with Gasteiger partial charge in [-0.25, -0.2) is 4.98 Å². The van der Waals surface area contributed by atoms with Crippen LogP contribution in [0.1, 0.15) is 37.3 Å². The molecule has 0 spiro atoms. The summed E-state index contributed by atoms with van der Waals surface area (Å²) >= 11 is 0. The van der Waals surface area contributed by atoms with Gasteiger partial charge in [-0.15, -0.1) is 0 Å². The van der Waals surface area contributed by atoms with Crippen LogP contribution in [-0.2, 0) is 13.2 Å². The summed E-state index contributed by atoms with van der Waals surface area (Å²) in [5, 5.41) is 12.7. The number of rotatable bonds is 9. The summed E-state index contributed by atoms with van der Waals surface area (Å²) in [5.74, 6) is 1.62. The van der Waals surface area contributed by atoms with E-state index in [-0.39, 0.29) is 12.6 Å². The molecule has 0 saturated heterocycles. The zero-order valence-electron chi connectivity index (χ0n) is 15.8. The van der Waals surface area contributed by atoms with Gasteiger partial charge in [0, 0.05) is 12.1 Å². The molecule has 0 amide bonds. The molecule has 8 nitrogen and oxygen atoms in total. The Morgan fingerprint density at radius 2 is 2.11 bits per heavy atom. The Hall–Kier alpha value is -2.87. The van der Waals surface area contributed by atoms with Crippen molar-refractivity contribution in [1.82, 2.24) is 19.5 Å². The quantitative estimate of drug-likeness (QED) is 0.496. The molecule has 8 heteroatoms. The molecule has 27 heavy (non-hydrogen) atoms. The standard InChI is InChI=1S/C19H26N6O2/c1-3-4-5-8-21-17-16-18(24-19(20)23-17)22-12-25(16)10-14-7-6-13(11-26)9-15(14)27-2/h6-7,9,12,26H,3-5,8,10-11H2,1-2H3,(H3,20,21,23,24). The molecule has 0 aliphatic heterocycles. The maximum Gasteiger partial charge on any atom is 0.224 e. The van der Waals surface area contributed by atoms with Crippen LogP contribution >= 0.6 is 0 Å². The van der Waals surface area contributed by atoms with Gasteiger partial charge >= 0.3 is 0 Å². The Morgan fingerprint density at radius 1 is 1.26 bits per heavy atom. The Bertz CT molecular complexity index is 909. The zero-order valence-corrected chi connectivity index (χ0v) is 15.8. The van der Waals surface area contributed by atoms with Gasteiger partial charge in [0.05, 0.1) is 26.6 Å². The van der Waals surface area contributed by atoms with E-state index in [9.17, 15) is 5.11 Å². The van der Waals surface area contributed by atoms with Crippen molar-refractivity contribution in [1.29, 1.82) is 0 Å². The monoisotopic (exact) mass is 370 g/mol. The molecule has 144 valence electrons. The van der Waals surface area contributed by atoms with Crippen LogP contribution in [0, 0.1) is 0 Å². The lowest BCUT2D eigenvalue weighted by Crippen LogP contribution is -2.09. The van der Waals surface area contributed by atoms with E-state index in [1.54, 1.807) is 13.4 Å². The second-order valence-electron chi connectivity index (χ2n) is 6.41. The van der Waals surface area contributed by atoms with Crippen LogP contribution in [0.2, 0.25) is 0 Å². The number of anilines is 2. The first kappa shape index (κ1) is 18.9. The highest BCUT2D eigenvalue weighted by atomic mass is 16.5. The summed E-state index contributed by atoms with van der Waals surface area (Å²) < 4.78 is 7.46. The van der Waals surface area contributed by atoms with Gasteiger partial charge in [0.25, 0.3) is 0 Å². The van der Waals surface area contributed by atoms with E-state index in [0.717, 1.165) is 48.2 Å². The number of hydrogen-bond acceptors (Lipinski definition) is 7. The van der Waals surface area contributed by atoms with Gasteiger partial charge in [-0.05, 0) is 18.1 Å². The fraction of sp³-hybridized carbons (Fsp3) is 0.421. The van der Waals surface area contributed by atoms with Crippen LogP contribution in [0.15, 0.2) is 24.5 Å². The molecule has 0 atom stereocenters. The Labute approximate surface area is 158 Å². The highest BCUT2D eigenvalue weighted by Crippen LogP contribution is 2.26. The van der Waals surface area contributed by atoms with Gasteiger partial charge in [-0.1, -0.05) is 31.9 Å². The molecule has 1 aromatic carbocycles. The zero-order chi connectivity index (χ0) is 19.2. The highest BCUT2D eigenvalue weighted by Gasteiger charge is 2.14. The van der Waals surface area contributed by atoms with Crippen molar-refractivity contribution >= 4 is 22.9 Å². The third-order valence-electron chi connectivity index (χ3n) is 4.44. The lowest BCUT2D eigenvalue weighted by atomic mass is 10.1. The van der Waals surface area contributed by atoms with E-state index in [4.69, 9.17) is 10.5 Å². The number of unbranched alkanes of at least 4 members (excludes halogenated alkanes) is 2. The molecule has 0 saturated carbocycles. The smallest absolute Gasteiger partial charge is 0.224 e. The fourth-order valence-corrected chi connectivity index (χ4v) is 3.02. The largest absolute Gasteiger partial charge is 0.496 e. The number of nitrogens with one attached hydrogen (secondary N) is 1. The van der Waals surface area contributed by atoms with E-state index in [1.807, 2.05) is 22.8 Å². The average Bonchev–Trinajstić information content (AvgIpc) is 3.08. The number of methoxy groups -OCH3 is 1. The van der Waals surface area contributed by atoms with Crippen LogP contribution in [-0.4, -0.2) is 38.3 Å². The number of benzene rings is 1. The first-order chi connectivity index (χ1) is 13.2. The summed E-state index contributed by atoms with van der Waals surface area (Å²) in [5.41, 5.74) is 9.00. The number of nitrogens with zero attached hydrogens (tertiary/aromatic N) is 4. The highest BCUT2D eigenvalue weighted by molar-refractivity contribution is 5.84. The number of hydrogen-bond donors (Lipinski definition) is 3. The average molecular weight is 370 g/mol. The van der Waals surface area contributed by atoms with E-state index in [0.29, 0.717) is 18.0 Å². The Balaban J connectivity index is 1.93. The van der Waals surface area contributed by atoms with Crippen LogP contribution in [0.5, 0.6) is 5.75 Å². The van der Waals surface area contributed by atoms with E-state index in [2.05, 4.69) is 27.2 Å². The first-order valence-electron chi connectivity index (χ1n) is 9.15. The van der Waals surface area contributed by atoms with Gasteiger partial charge in [0.15, 0.2) is 11.5 Å². The summed E-state index contributed by atoms with van der Waals surface area (Å²) in [6.07, 6.45) is 5.11. The van der Waals surface area contributed by atoms with Gasteiger partial charge in [-0.2, -0.15) is 9.97 Å². The number of nitrogen functional groups attached to an aromatic ring is 1. The maximum absolute atomic E-state index is 9.32. The lowest BCUT2D eigenvalue weighted by Gasteiger charge is -2.13. The van der Waals surface area contributed by atoms with Crippen molar-refractivity contribution in [3.8, 4) is 5.75 Å². The van der Waals surface area contributed by atoms with Gasteiger partial charge in [0.2, 0.25) is 5.95 Å². The number of aliphatic hydroxyl groups is 1. The Kier molecular flexibility index (Phi) is 6.08. The minimum Gasteiger partial charge on any atom is -0.496 e. The predicted molar refractivity (Wildman–Crippen MR) is 106 cm³/mol. The fourth-order valence-electron chi connectivity index (χ4n) is 3.02. The SMILES string of the molecule is CCCCCNc1nc(N)nc2ncn(Cc3ccc(CO)cc3OC)c12. The van der Waals surface area contributed by atoms with Crippen molar-refractivity contribution in [3.63, 3.8) is 0 Å². The molecular formula is C19H26N6O2. The maximum atomic E-state index is 9.32. The number of aliphatic hydroxyl groups excluding tert-OH is 1. The number of imidazole rings is 1. The number of nitrogens with two attached hydrogens (primary N) is 1. The van der Waals surface area contributed by atoms with E-state index >= 15 is 0 Å². The second-order valence-corrected chi connectivity index (χ2v) is 6.41. The summed E-state index contributed by atoms with van der Waals surface area (Å²) in [4.78, 5) is 13.0. The van der Waals surface area contributed by atoms with Gasteiger partial charge < -0.3 is 25.5 Å². The summed E-state index contributed by atoms with van der Waals surface area (Å²) in [7, 11) is 1.62. The normalized spacial score (nSPS) is 11.1. The minimum absolute atomic E-state index is 0.0242. The molecule has 3 rings (SSSR count). The van der Waals surface area contributed by atoms with Gasteiger partial charge in [-0.3, -0.25) is 0 Å². The molecule has 0 fully saturated rings. The van der Waals surface area contributed by atoms with Crippen molar-refractivity contribution < 1.29 is 9.84 Å². The molecule has 0 aliphatic rings. The second kappa shape index (κ2) is 8.68. The molecule has 2 heterocycles. The van der Waals surface area contributed by atoms with Crippen LogP contribution in [0.25, 0.3) is 11.2 Å². The van der Waals surface area contributed by atoms with Crippen molar-refractivity contribution in [2.75, 3.05) is 24.7 Å². The number of fused-ring (bicyclic) bond motifs is 1. The summed E-state index contributed by atoms with van der Waals surface area (Å²) in [6, 6.07) is 5.67. The van der Waals surface area contributed by atoms with E-state index in [1.165, 1.54) is 0 Å². The topological polar surface area (TPSA) is 111 Å². The molecule has 4 N–H and O–H groups in total. The molecule has 0 unspecified atom stereocenters. The molecule has 2 aromatic heterocycles. The molecular weight excluding hydrogens is 344 g/mol. The van der Waals surface area contributed by atoms with Crippen LogP contribution < -0.4 is 15.8 Å². The lowest BCUT2D eigenvalue weighted by molar-refractivity contribution is 0.281. The Morgan fingerprint density at radius 3 is 2.85 bits per heavy atom. The number of ether oxygens (including phenoxy) is 1. The van der Waals surface area contributed by atoms with Crippen LogP contribution in [0.4, 0.5) is 11.8 Å². The summed E-state index contributed by atoms with van der Waals surface area (Å²) in [6.45, 7) is 3.51.